The third-order valence-electron chi connectivity index (χ3n) is 4.75. The van der Waals surface area contributed by atoms with E-state index in [-0.39, 0.29) is 29.5 Å². The minimum atomic E-state index is -0.526. The van der Waals surface area contributed by atoms with Gasteiger partial charge in [0.2, 0.25) is 0 Å². The van der Waals surface area contributed by atoms with Gasteiger partial charge in [-0.25, -0.2) is 4.98 Å². The van der Waals surface area contributed by atoms with E-state index in [1.165, 1.54) is 29.1 Å². The molecule has 0 spiro atoms. The van der Waals surface area contributed by atoms with Crippen molar-refractivity contribution in [3.63, 3.8) is 0 Å². The molecule has 1 atom stereocenters. The molecular weight excluding hydrogens is 464 g/mol. The van der Waals surface area contributed by atoms with E-state index in [1.807, 2.05) is 19.9 Å². The first kappa shape index (κ1) is 22.4. The first-order valence-electron chi connectivity index (χ1n) is 9.64. The standard InChI is InChI=1S/C22H21BrN4O4/c1-4-10-31-20-9-6-15(11-19(20)27(29)30)13-24-26-21(14(3)5-2)25-18-8-7-16(23)12-17(18)22(26)28/h4,6-9,11-14H,1,5,10H2,2-3H3/t14-/m1/s1. The second-order valence-corrected chi connectivity index (χ2v) is 7.80. The van der Waals surface area contributed by atoms with Crippen LogP contribution in [0.15, 0.2) is 63.4 Å². The molecule has 0 aliphatic rings. The van der Waals surface area contributed by atoms with Crippen LogP contribution in [0.5, 0.6) is 5.75 Å². The van der Waals surface area contributed by atoms with Crippen LogP contribution in [0.3, 0.4) is 0 Å². The zero-order valence-corrected chi connectivity index (χ0v) is 18.7. The number of halogens is 1. The highest BCUT2D eigenvalue weighted by Gasteiger charge is 2.17. The summed E-state index contributed by atoms with van der Waals surface area (Å²) in [7, 11) is 0. The third kappa shape index (κ3) is 4.88. The van der Waals surface area contributed by atoms with E-state index in [0.717, 1.165) is 10.9 Å². The maximum absolute atomic E-state index is 13.1. The second-order valence-electron chi connectivity index (χ2n) is 6.89. The van der Waals surface area contributed by atoms with Crippen molar-refractivity contribution >= 4 is 38.7 Å². The molecule has 0 radical (unpaired) electrons. The van der Waals surface area contributed by atoms with Crippen molar-refractivity contribution in [1.29, 1.82) is 0 Å². The van der Waals surface area contributed by atoms with Gasteiger partial charge in [-0.2, -0.15) is 9.78 Å². The van der Waals surface area contributed by atoms with Gasteiger partial charge in [0.25, 0.3) is 5.56 Å². The number of nitro groups is 1. The van der Waals surface area contributed by atoms with E-state index in [4.69, 9.17) is 4.74 Å². The molecule has 0 aliphatic heterocycles. The van der Waals surface area contributed by atoms with Crippen LogP contribution < -0.4 is 10.3 Å². The molecule has 1 aromatic heterocycles. The molecule has 31 heavy (non-hydrogen) atoms. The van der Waals surface area contributed by atoms with Gasteiger partial charge in [0.05, 0.1) is 22.0 Å². The summed E-state index contributed by atoms with van der Waals surface area (Å²) in [5, 5.41) is 16.2. The van der Waals surface area contributed by atoms with Crippen molar-refractivity contribution in [2.45, 2.75) is 26.2 Å². The van der Waals surface area contributed by atoms with Crippen LogP contribution in [0.25, 0.3) is 10.9 Å². The molecule has 0 amide bonds. The van der Waals surface area contributed by atoms with Crippen LogP contribution in [-0.2, 0) is 0 Å². The SMILES string of the molecule is C=CCOc1ccc(C=Nn2c([C@H](C)CC)nc3ccc(Br)cc3c2=O)cc1[N+](=O)[O-]. The van der Waals surface area contributed by atoms with Gasteiger partial charge in [-0.15, -0.1) is 0 Å². The zero-order chi connectivity index (χ0) is 22.5. The van der Waals surface area contributed by atoms with Gasteiger partial charge in [0.15, 0.2) is 5.75 Å². The van der Waals surface area contributed by atoms with E-state index in [0.29, 0.717) is 22.3 Å². The summed E-state index contributed by atoms with van der Waals surface area (Å²) in [6.45, 7) is 7.66. The molecule has 0 saturated heterocycles. The summed E-state index contributed by atoms with van der Waals surface area (Å²) in [6, 6.07) is 9.80. The molecule has 8 nitrogen and oxygen atoms in total. The molecule has 0 aliphatic carbocycles. The maximum atomic E-state index is 13.1. The Balaban J connectivity index is 2.10. The Bertz CT molecular complexity index is 1240. The van der Waals surface area contributed by atoms with E-state index < -0.39 is 4.92 Å². The van der Waals surface area contributed by atoms with E-state index in [2.05, 4.69) is 32.6 Å². The highest BCUT2D eigenvalue weighted by atomic mass is 79.9. The first-order valence-corrected chi connectivity index (χ1v) is 10.4. The third-order valence-corrected chi connectivity index (χ3v) is 5.24. The minimum Gasteiger partial charge on any atom is -0.483 e. The Morgan fingerprint density at radius 1 is 1.35 bits per heavy atom. The number of aromatic nitrogens is 2. The van der Waals surface area contributed by atoms with Gasteiger partial charge in [0.1, 0.15) is 12.4 Å². The number of nitro benzene ring substituents is 1. The molecular formula is C22H21BrN4O4. The van der Waals surface area contributed by atoms with Crippen LogP contribution in [0.4, 0.5) is 5.69 Å². The van der Waals surface area contributed by atoms with Crippen LogP contribution >= 0.6 is 15.9 Å². The van der Waals surface area contributed by atoms with Gasteiger partial charge >= 0.3 is 5.69 Å². The number of nitrogens with zero attached hydrogens (tertiary/aromatic N) is 4. The molecule has 3 aromatic rings. The molecule has 0 fully saturated rings. The summed E-state index contributed by atoms with van der Waals surface area (Å²) >= 11 is 3.38. The largest absolute Gasteiger partial charge is 0.483 e. The Morgan fingerprint density at radius 2 is 2.13 bits per heavy atom. The molecule has 160 valence electrons. The quantitative estimate of drug-likeness (QED) is 0.193. The van der Waals surface area contributed by atoms with Gasteiger partial charge in [0, 0.05) is 22.0 Å². The second kappa shape index (κ2) is 9.65. The fraction of sp³-hybridized carbons (Fsp3) is 0.227. The molecule has 0 N–H and O–H groups in total. The topological polar surface area (TPSA) is 99.6 Å². The molecule has 3 rings (SSSR count). The lowest BCUT2D eigenvalue weighted by atomic mass is 10.1. The van der Waals surface area contributed by atoms with Crippen LogP contribution in [-0.4, -0.2) is 27.4 Å². The van der Waals surface area contributed by atoms with Crippen LogP contribution in [0.2, 0.25) is 0 Å². The predicted octanol–water partition coefficient (Wildman–Crippen LogP) is 5.03. The zero-order valence-electron chi connectivity index (χ0n) is 17.1. The van der Waals surface area contributed by atoms with Crippen molar-refractivity contribution in [2.24, 2.45) is 5.10 Å². The van der Waals surface area contributed by atoms with E-state index >= 15 is 0 Å². The van der Waals surface area contributed by atoms with E-state index in [1.54, 1.807) is 18.2 Å². The summed E-state index contributed by atoms with van der Waals surface area (Å²) < 4.78 is 7.36. The number of hydrogen-bond acceptors (Lipinski definition) is 6. The number of fused-ring (bicyclic) bond motifs is 1. The average molecular weight is 485 g/mol. The predicted molar refractivity (Wildman–Crippen MR) is 124 cm³/mol. The fourth-order valence-corrected chi connectivity index (χ4v) is 3.29. The van der Waals surface area contributed by atoms with Gasteiger partial charge < -0.3 is 4.74 Å². The molecule has 1 heterocycles. The molecule has 0 unspecified atom stereocenters. The number of ether oxygens (including phenoxy) is 1. The van der Waals surface area contributed by atoms with Gasteiger partial charge in [-0.05, 0) is 36.8 Å². The Labute approximate surface area is 187 Å². The highest BCUT2D eigenvalue weighted by Crippen LogP contribution is 2.27. The summed E-state index contributed by atoms with van der Waals surface area (Å²) in [4.78, 5) is 28.7. The average Bonchev–Trinajstić information content (AvgIpc) is 2.76. The van der Waals surface area contributed by atoms with Crippen molar-refractivity contribution in [2.75, 3.05) is 6.61 Å². The smallest absolute Gasteiger partial charge is 0.311 e. The van der Waals surface area contributed by atoms with E-state index in [9.17, 15) is 14.9 Å². The molecule has 0 bridgehead atoms. The van der Waals surface area contributed by atoms with Crippen molar-refractivity contribution < 1.29 is 9.66 Å². The maximum Gasteiger partial charge on any atom is 0.311 e. The summed E-state index contributed by atoms with van der Waals surface area (Å²) in [6.07, 6.45) is 3.68. The van der Waals surface area contributed by atoms with Crippen LogP contribution in [0.1, 0.15) is 37.6 Å². The monoisotopic (exact) mass is 484 g/mol. The molecule has 9 heteroatoms. The molecule has 0 saturated carbocycles. The summed E-state index contributed by atoms with van der Waals surface area (Å²) in [5.41, 5.74) is 0.544. The lowest BCUT2D eigenvalue weighted by Crippen LogP contribution is -2.23. The van der Waals surface area contributed by atoms with Crippen molar-refractivity contribution in [3.05, 3.63) is 85.4 Å². The lowest BCUT2D eigenvalue weighted by molar-refractivity contribution is -0.385. The molecule has 2 aromatic carbocycles. The highest BCUT2D eigenvalue weighted by molar-refractivity contribution is 9.10. The normalized spacial score (nSPS) is 12.2. The Kier molecular flexibility index (Phi) is 6.96. The number of rotatable bonds is 8. The van der Waals surface area contributed by atoms with Crippen molar-refractivity contribution in [3.8, 4) is 5.75 Å². The lowest BCUT2D eigenvalue weighted by Gasteiger charge is -2.14. The first-order chi connectivity index (χ1) is 14.8. The van der Waals surface area contributed by atoms with Crippen LogP contribution in [0, 0.1) is 10.1 Å². The van der Waals surface area contributed by atoms with Crippen molar-refractivity contribution in [1.82, 2.24) is 9.66 Å². The van der Waals surface area contributed by atoms with Gasteiger partial charge in [-0.1, -0.05) is 42.4 Å². The minimum absolute atomic E-state index is 0.0121. The number of hydrogen-bond donors (Lipinski definition) is 0. The van der Waals surface area contributed by atoms with Gasteiger partial charge in [-0.3, -0.25) is 14.9 Å². The Morgan fingerprint density at radius 3 is 2.81 bits per heavy atom. The number of benzene rings is 2. The fourth-order valence-electron chi connectivity index (χ4n) is 2.93. The Hall–Kier alpha value is -3.33. The summed E-state index contributed by atoms with van der Waals surface area (Å²) in [5.74, 6) is 0.651.